The topological polar surface area (TPSA) is 97.5 Å². The summed E-state index contributed by atoms with van der Waals surface area (Å²) in [7, 11) is 0. The van der Waals surface area contributed by atoms with Crippen LogP contribution in [0.2, 0.25) is 0 Å². The Bertz CT molecular complexity index is 854. The van der Waals surface area contributed by atoms with E-state index in [2.05, 4.69) is 10.3 Å². The largest absolute Gasteiger partial charge is 0.461 e. The van der Waals surface area contributed by atoms with E-state index in [4.69, 9.17) is 9.47 Å². The number of ether oxygens (including phenoxy) is 2. The first-order valence-electron chi connectivity index (χ1n) is 8.79. The Balaban J connectivity index is 2.01. The number of esters is 2. The van der Waals surface area contributed by atoms with Gasteiger partial charge in [-0.25, -0.2) is 9.59 Å². The predicted molar refractivity (Wildman–Crippen MR) is 101 cm³/mol. The smallest absolute Gasteiger partial charge is 0.355 e. The maximum Gasteiger partial charge on any atom is 0.355 e. The fourth-order valence-electron chi connectivity index (χ4n) is 2.73. The number of aromatic nitrogens is 1. The van der Waals surface area contributed by atoms with Crippen molar-refractivity contribution in [2.24, 2.45) is 0 Å². The van der Waals surface area contributed by atoms with Crippen LogP contribution in [0, 0.1) is 13.8 Å². The Morgan fingerprint density at radius 3 is 2.48 bits per heavy atom. The Labute approximate surface area is 158 Å². The normalized spacial score (nSPS) is 10.4. The summed E-state index contributed by atoms with van der Waals surface area (Å²) in [5.41, 5.74) is 3.11. The van der Waals surface area contributed by atoms with Crippen LogP contribution >= 0.6 is 0 Å². The molecule has 144 valence electrons. The lowest BCUT2D eigenvalue weighted by Crippen LogP contribution is -2.21. The number of benzene rings is 1. The first-order chi connectivity index (χ1) is 12.9. The van der Waals surface area contributed by atoms with Gasteiger partial charge in [-0.1, -0.05) is 19.1 Å². The van der Waals surface area contributed by atoms with Crippen molar-refractivity contribution in [1.29, 1.82) is 0 Å². The molecular formula is C20H24N2O5. The summed E-state index contributed by atoms with van der Waals surface area (Å²) in [4.78, 5) is 39.2. The molecule has 0 aliphatic heterocycles. The maximum atomic E-state index is 12.4. The molecule has 2 rings (SSSR count). The molecule has 1 amide bonds. The first kappa shape index (κ1) is 20.2. The summed E-state index contributed by atoms with van der Waals surface area (Å²) in [6.07, 6.45) is 0.855. The Kier molecular flexibility index (Phi) is 6.76. The number of H-pyrrole nitrogens is 1. The number of carbonyl (C=O) groups is 3. The highest BCUT2D eigenvalue weighted by molar-refractivity contribution is 6.00. The highest BCUT2D eigenvalue weighted by atomic mass is 16.5. The molecule has 0 aliphatic carbocycles. The number of hydrogen-bond acceptors (Lipinski definition) is 5. The molecule has 0 spiro atoms. The Morgan fingerprint density at radius 2 is 1.81 bits per heavy atom. The van der Waals surface area contributed by atoms with Crippen molar-refractivity contribution < 1.29 is 23.9 Å². The number of aromatic amines is 1. The van der Waals surface area contributed by atoms with Gasteiger partial charge in [0.2, 0.25) is 0 Å². The summed E-state index contributed by atoms with van der Waals surface area (Å²) >= 11 is 0. The monoisotopic (exact) mass is 372 g/mol. The SMILES string of the molecule is CCOC(=O)c1[nH]c(C)c(C(=O)OCC(=O)Nc2cccc(CC)c2)c1C. The second-order valence-electron chi connectivity index (χ2n) is 6.02. The molecule has 0 fully saturated rings. The second-order valence-corrected chi connectivity index (χ2v) is 6.02. The average Bonchev–Trinajstić information content (AvgIpc) is 2.94. The van der Waals surface area contributed by atoms with Gasteiger partial charge in [-0.2, -0.15) is 0 Å². The van der Waals surface area contributed by atoms with Crippen LogP contribution in [0.5, 0.6) is 0 Å². The Hall–Kier alpha value is -3.09. The number of anilines is 1. The molecule has 1 aromatic heterocycles. The van der Waals surface area contributed by atoms with Gasteiger partial charge in [-0.3, -0.25) is 4.79 Å². The minimum Gasteiger partial charge on any atom is -0.461 e. The van der Waals surface area contributed by atoms with Gasteiger partial charge in [-0.05, 0) is 50.5 Å². The van der Waals surface area contributed by atoms with E-state index in [-0.39, 0.29) is 17.9 Å². The van der Waals surface area contributed by atoms with Gasteiger partial charge >= 0.3 is 11.9 Å². The molecule has 0 saturated heterocycles. The van der Waals surface area contributed by atoms with Crippen molar-refractivity contribution in [2.45, 2.75) is 34.1 Å². The van der Waals surface area contributed by atoms with Gasteiger partial charge < -0.3 is 19.8 Å². The van der Waals surface area contributed by atoms with Crippen LogP contribution in [0.15, 0.2) is 24.3 Å². The molecule has 0 bridgehead atoms. The summed E-state index contributed by atoms with van der Waals surface area (Å²) in [6, 6.07) is 7.45. The average molecular weight is 372 g/mol. The lowest BCUT2D eigenvalue weighted by molar-refractivity contribution is -0.119. The van der Waals surface area contributed by atoms with E-state index in [9.17, 15) is 14.4 Å². The van der Waals surface area contributed by atoms with Gasteiger partial charge in [0, 0.05) is 11.4 Å². The van der Waals surface area contributed by atoms with Crippen molar-refractivity contribution in [1.82, 2.24) is 4.98 Å². The predicted octanol–water partition coefficient (Wildman–Crippen LogP) is 3.17. The molecule has 0 saturated carbocycles. The van der Waals surface area contributed by atoms with Crippen molar-refractivity contribution in [3.63, 3.8) is 0 Å². The molecule has 0 radical (unpaired) electrons. The molecule has 27 heavy (non-hydrogen) atoms. The number of amides is 1. The second kappa shape index (κ2) is 9.02. The van der Waals surface area contributed by atoms with Crippen LogP contribution in [0.4, 0.5) is 5.69 Å². The molecule has 0 atom stereocenters. The fourth-order valence-corrected chi connectivity index (χ4v) is 2.73. The van der Waals surface area contributed by atoms with Gasteiger partial charge in [0.15, 0.2) is 6.61 Å². The quantitative estimate of drug-likeness (QED) is 0.728. The van der Waals surface area contributed by atoms with Crippen LogP contribution in [0.3, 0.4) is 0 Å². The van der Waals surface area contributed by atoms with Crippen LogP contribution < -0.4 is 5.32 Å². The van der Waals surface area contributed by atoms with E-state index >= 15 is 0 Å². The standard InChI is InChI=1S/C20H24N2O5/c1-5-14-8-7-9-15(10-14)22-16(23)11-27-19(24)17-12(3)18(21-13(17)4)20(25)26-6-2/h7-10,21H,5-6,11H2,1-4H3,(H,22,23). The molecule has 2 aromatic rings. The first-order valence-corrected chi connectivity index (χ1v) is 8.79. The summed E-state index contributed by atoms with van der Waals surface area (Å²) in [5, 5.41) is 2.69. The van der Waals surface area contributed by atoms with Gasteiger partial charge in [-0.15, -0.1) is 0 Å². The lowest BCUT2D eigenvalue weighted by atomic mass is 10.1. The highest BCUT2D eigenvalue weighted by Gasteiger charge is 2.24. The number of aryl methyl sites for hydroxylation is 2. The minimum atomic E-state index is -0.672. The number of hydrogen-bond donors (Lipinski definition) is 2. The van der Waals surface area contributed by atoms with Crippen LogP contribution in [-0.4, -0.2) is 36.0 Å². The number of rotatable bonds is 7. The zero-order valence-corrected chi connectivity index (χ0v) is 16.0. The number of nitrogens with one attached hydrogen (secondary N) is 2. The third kappa shape index (κ3) is 4.97. The zero-order chi connectivity index (χ0) is 20.0. The lowest BCUT2D eigenvalue weighted by Gasteiger charge is -2.08. The van der Waals surface area contributed by atoms with Crippen molar-refractivity contribution in [3.05, 3.63) is 52.3 Å². The molecule has 1 aromatic carbocycles. The zero-order valence-electron chi connectivity index (χ0n) is 16.0. The summed E-state index contributed by atoms with van der Waals surface area (Å²) in [5.74, 6) is -1.65. The van der Waals surface area contributed by atoms with Gasteiger partial charge in [0.25, 0.3) is 5.91 Å². The van der Waals surface area contributed by atoms with E-state index < -0.39 is 24.5 Å². The molecule has 0 unspecified atom stereocenters. The molecule has 7 nitrogen and oxygen atoms in total. The van der Waals surface area contributed by atoms with E-state index in [1.807, 2.05) is 25.1 Å². The highest BCUT2D eigenvalue weighted by Crippen LogP contribution is 2.20. The molecule has 1 heterocycles. The number of carbonyl (C=O) groups excluding carboxylic acids is 3. The third-order valence-corrected chi connectivity index (χ3v) is 4.07. The molecule has 0 aliphatic rings. The third-order valence-electron chi connectivity index (χ3n) is 4.07. The summed E-state index contributed by atoms with van der Waals surface area (Å²) < 4.78 is 10.1. The fraction of sp³-hybridized carbons (Fsp3) is 0.350. The molecular weight excluding hydrogens is 348 g/mol. The van der Waals surface area contributed by atoms with Crippen LogP contribution in [-0.2, 0) is 20.7 Å². The summed E-state index contributed by atoms with van der Waals surface area (Å²) in [6.45, 7) is 6.82. The van der Waals surface area contributed by atoms with Crippen molar-refractivity contribution >= 4 is 23.5 Å². The van der Waals surface area contributed by atoms with E-state index in [1.54, 1.807) is 26.8 Å². The van der Waals surface area contributed by atoms with E-state index in [0.717, 1.165) is 12.0 Å². The van der Waals surface area contributed by atoms with Gasteiger partial charge in [0.1, 0.15) is 5.69 Å². The Morgan fingerprint density at radius 1 is 1.07 bits per heavy atom. The van der Waals surface area contributed by atoms with Crippen molar-refractivity contribution in [3.8, 4) is 0 Å². The minimum absolute atomic E-state index is 0.210. The van der Waals surface area contributed by atoms with Gasteiger partial charge in [0.05, 0.1) is 12.2 Å². The van der Waals surface area contributed by atoms with Crippen LogP contribution in [0.25, 0.3) is 0 Å². The molecule has 2 N–H and O–H groups in total. The van der Waals surface area contributed by atoms with Crippen molar-refractivity contribution in [2.75, 3.05) is 18.5 Å². The van der Waals surface area contributed by atoms with Crippen LogP contribution in [0.1, 0.15) is 51.5 Å². The van der Waals surface area contributed by atoms with E-state index in [0.29, 0.717) is 16.9 Å². The molecule has 7 heteroatoms. The van der Waals surface area contributed by atoms with E-state index in [1.165, 1.54) is 0 Å². The maximum absolute atomic E-state index is 12.4.